The molecule has 19 heavy (non-hydrogen) atoms. The van der Waals surface area contributed by atoms with E-state index in [2.05, 4.69) is 15.3 Å². The number of nitrogens with zero attached hydrogens (tertiary/aromatic N) is 2. The van der Waals surface area contributed by atoms with Gasteiger partial charge in [0.15, 0.2) is 0 Å². The summed E-state index contributed by atoms with van der Waals surface area (Å²) in [5, 5.41) is 8.23. The largest absolute Gasteiger partial charge is 0.339 e. The van der Waals surface area contributed by atoms with Gasteiger partial charge in [-0.05, 0) is 24.3 Å². The molecule has 1 radical (unpaired) electrons. The van der Waals surface area contributed by atoms with E-state index in [0.717, 1.165) is 0 Å². The van der Waals surface area contributed by atoms with Crippen molar-refractivity contribution in [3.05, 3.63) is 41.8 Å². The number of benzene rings is 1. The Morgan fingerprint density at radius 1 is 1.11 bits per heavy atom. The minimum atomic E-state index is -3.67. The molecular weight excluding hydrogens is 299 g/mol. The standard InChI is InChI=1S/C10H9ClN4O2S.Na/c11-9-5-14-10(6-13-9)15-7-1-3-8(4-2-7)18(12,16)17;/h1-6H,(H,14,15)(H2,12,16,17);. The van der Waals surface area contributed by atoms with Gasteiger partial charge in [0.05, 0.1) is 17.3 Å². The Bertz CT molecular complexity index is 646. The van der Waals surface area contributed by atoms with Gasteiger partial charge in [0.2, 0.25) is 10.0 Å². The average Bonchev–Trinajstić information content (AvgIpc) is 2.32. The topological polar surface area (TPSA) is 98.0 Å². The molecule has 0 amide bonds. The van der Waals surface area contributed by atoms with E-state index < -0.39 is 10.0 Å². The van der Waals surface area contributed by atoms with Crippen molar-refractivity contribution >= 4 is 62.7 Å². The first-order valence-corrected chi connectivity index (χ1v) is 6.75. The molecular formula is C10H9ClN4NaO2S. The molecule has 0 saturated carbocycles. The maximum atomic E-state index is 11.1. The van der Waals surface area contributed by atoms with Gasteiger partial charge in [-0.15, -0.1) is 0 Å². The molecule has 1 aromatic heterocycles. The summed E-state index contributed by atoms with van der Waals surface area (Å²) in [7, 11) is -3.67. The van der Waals surface area contributed by atoms with Gasteiger partial charge < -0.3 is 5.32 Å². The fourth-order valence-corrected chi connectivity index (χ4v) is 1.87. The van der Waals surface area contributed by atoms with E-state index in [4.69, 9.17) is 16.7 Å². The fourth-order valence-electron chi connectivity index (χ4n) is 1.25. The second-order valence-corrected chi connectivity index (χ2v) is 5.37. The van der Waals surface area contributed by atoms with Crippen LogP contribution in [0.3, 0.4) is 0 Å². The first-order chi connectivity index (χ1) is 8.45. The molecule has 0 unspecified atom stereocenters. The normalized spacial score (nSPS) is 10.6. The van der Waals surface area contributed by atoms with Crippen molar-refractivity contribution in [2.24, 2.45) is 5.14 Å². The maximum Gasteiger partial charge on any atom is 0.238 e. The van der Waals surface area contributed by atoms with Gasteiger partial charge in [-0.25, -0.2) is 23.5 Å². The van der Waals surface area contributed by atoms with Crippen molar-refractivity contribution < 1.29 is 8.42 Å². The van der Waals surface area contributed by atoms with Crippen molar-refractivity contribution in [3.63, 3.8) is 0 Å². The molecule has 1 aromatic carbocycles. The molecule has 0 saturated heterocycles. The number of halogens is 1. The molecule has 3 N–H and O–H groups in total. The minimum absolute atomic E-state index is 0. The molecule has 0 fully saturated rings. The predicted molar refractivity (Wildman–Crippen MR) is 73.9 cm³/mol. The molecule has 1 heterocycles. The van der Waals surface area contributed by atoms with Crippen LogP contribution in [0.2, 0.25) is 5.15 Å². The molecule has 9 heteroatoms. The zero-order valence-corrected chi connectivity index (χ0v) is 13.6. The van der Waals surface area contributed by atoms with E-state index in [0.29, 0.717) is 16.7 Å². The monoisotopic (exact) mass is 307 g/mol. The summed E-state index contributed by atoms with van der Waals surface area (Å²) >= 11 is 5.60. The van der Waals surface area contributed by atoms with E-state index >= 15 is 0 Å². The summed E-state index contributed by atoms with van der Waals surface area (Å²) in [6.45, 7) is 0. The molecule has 0 atom stereocenters. The third kappa shape index (κ3) is 4.72. The van der Waals surface area contributed by atoms with E-state index in [1.165, 1.54) is 24.5 Å². The quantitative estimate of drug-likeness (QED) is 0.829. The second kappa shape index (κ2) is 6.65. The Kier molecular flexibility index (Phi) is 5.72. The molecule has 0 aliphatic rings. The van der Waals surface area contributed by atoms with Crippen LogP contribution in [0, 0.1) is 0 Å². The maximum absolute atomic E-state index is 11.1. The van der Waals surface area contributed by atoms with Crippen molar-refractivity contribution in [1.82, 2.24) is 9.97 Å². The number of anilines is 2. The van der Waals surface area contributed by atoms with Crippen molar-refractivity contribution in [1.29, 1.82) is 0 Å². The van der Waals surface area contributed by atoms with Crippen molar-refractivity contribution in [2.45, 2.75) is 4.90 Å². The van der Waals surface area contributed by atoms with Gasteiger partial charge in [-0.2, -0.15) is 0 Å². The average molecular weight is 308 g/mol. The smallest absolute Gasteiger partial charge is 0.238 e. The first-order valence-electron chi connectivity index (χ1n) is 4.82. The van der Waals surface area contributed by atoms with Crippen LogP contribution in [-0.4, -0.2) is 47.9 Å². The molecule has 2 rings (SSSR count). The van der Waals surface area contributed by atoms with E-state index in [1.54, 1.807) is 12.1 Å². The predicted octanol–water partition coefficient (Wildman–Crippen LogP) is 1.14. The van der Waals surface area contributed by atoms with Crippen LogP contribution in [0.25, 0.3) is 0 Å². The summed E-state index contributed by atoms with van der Waals surface area (Å²) in [6.07, 6.45) is 2.87. The number of sulfonamides is 1. The number of nitrogens with one attached hydrogen (secondary N) is 1. The summed E-state index contributed by atoms with van der Waals surface area (Å²) in [5.41, 5.74) is 0.666. The van der Waals surface area contributed by atoms with Gasteiger partial charge in [0, 0.05) is 35.2 Å². The van der Waals surface area contributed by atoms with Crippen LogP contribution >= 0.6 is 11.6 Å². The number of aromatic nitrogens is 2. The molecule has 0 bridgehead atoms. The number of rotatable bonds is 3. The van der Waals surface area contributed by atoms with Crippen molar-refractivity contribution in [2.75, 3.05) is 5.32 Å². The SMILES string of the molecule is NS(=O)(=O)c1ccc(Nc2cnc(Cl)cn2)cc1.[Na]. The van der Waals surface area contributed by atoms with Crippen LogP contribution < -0.4 is 10.5 Å². The Labute approximate surface area is 137 Å². The molecule has 2 aromatic rings. The molecule has 6 nitrogen and oxygen atoms in total. The van der Waals surface area contributed by atoms with E-state index in [-0.39, 0.29) is 34.5 Å². The summed E-state index contributed by atoms with van der Waals surface area (Å²) < 4.78 is 22.1. The zero-order chi connectivity index (χ0) is 13.2. The van der Waals surface area contributed by atoms with Gasteiger partial charge in [-0.1, -0.05) is 11.6 Å². The van der Waals surface area contributed by atoms with Crippen LogP contribution in [0.4, 0.5) is 11.5 Å². The minimum Gasteiger partial charge on any atom is -0.339 e. The van der Waals surface area contributed by atoms with Crippen LogP contribution in [0.1, 0.15) is 0 Å². The van der Waals surface area contributed by atoms with E-state index in [1.807, 2.05) is 0 Å². The summed E-state index contributed by atoms with van der Waals surface area (Å²) in [6, 6.07) is 5.97. The molecule has 0 spiro atoms. The Morgan fingerprint density at radius 2 is 1.74 bits per heavy atom. The van der Waals surface area contributed by atoms with Gasteiger partial charge >= 0.3 is 0 Å². The first kappa shape index (κ1) is 16.4. The Balaban J connectivity index is 0.00000180. The van der Waals surface area contributed by atoms with Gasteiger partial charge in [0.25, 0.3) is 0 Å². The number of hydrogen-bond donors (Lipinski definition) is 2. The Hall–Kier alpha value is -0.700. The Morgan fingerprint density at radius 3 is 2.21 bits per heavy atom. The molecule has 0 aliphatic carbocycles. The van der Waals surface area contributed by atoms with Gasteiger partial charge in [-0.3, -0.25) is 0 Å². The number of hydrogen-bond acceptors (Lipinski definition) is 5. The van der Waals surface area contributed by atoms with Crippen molar-refractivity contribution in [3.8, 4) is 0 Å². The zero-order valence-electron chi connectivity index (χ0n) is 10.0. The fraction of sp³-hybridized carbons (Fsp3) is 0. The number of primary sulfonamides is 1. The van der Waals surface area contributed by atoms with Crippen LogP contribution in [0.15, 0.2) is 41.6 Å². The third-order valence-electron chi connectivity index (χ3n) is 2.08. The second-order valence-electron chi connectivity index (χ2n) is 3.42. The van der Waals surface area contributed by atoms with Crippen LogP contribution in [0.5, 0.6) is 0 Å². The summed E-state index contributed by atoms with van der Waals surface area (Å²) in [5.74, 6) is 0.503. The van der Waals surface area contributed by atoms with Crippen LogP contribution in [-0.2, 0) is 10.0 Å². The third-order valence-corrected chi connectivity index (χ3v) is 3.20. The van der Waals surface area contributed by atoms with E-state index in [9.17, 15) is 8.42 Å². The molecule has 95 valence electrons. The molecule has 0 aliphatic heterocycles. The summed E-state index contributed by atoms with van der Waals surface area (Å²) in [4.78, 5) is 7.90. The number of nitrogens with two attached hydrogens (primary N) is 1. The van der Waals surface area contributed by atoms with Gasteiger partial charge in [0.1, 0.15) is 11.0 Å².